The molecular weight excluding hydrogens is 234 g/mol. The van der Waals surface area contributed by atoms with E-state index in [0.29, 0.717) is 22.3 Å². The van der Waals surface area contributed by atoms with Gasteiger partial charge in [0.05, 0.1) is 0 Å². The summed E-state index contributed by atoms with van der Waals surface area (Å²) in [5.74, 6) is -0.674. The fraction of sp³-hybridized carbons (Fsp3) is 0. The molecule has 3 aromatic rings. The predicted octanol–water partition coefficient (Wildman–Crippen LogP) is 3.53. The number of hydrogen-bond acceptors (Lipinski definition) is 1. The van der Waals surface area contributed by atoms with E-state index in [2.05, 4.69) is 0 Å². The Morgan fingerprint density at radius 3 is 1.28 bits per heavy atom. The van der Waals surface area contributed by atoms with E-state index in [0.717, 1.165) is 0 Å². The third kappa shape index (κ3) is 1.74. The average Bonchev–Trinajstić information content (AvgIpc) is 3.03. The quantitative estimate of drug-likeness (QED) is 0.671. The minimum absolute atomic E-state index is 0.0618. The second-order valence-corrected chi connectivity index (χ2v) is 4.09. The number of hydrogen-bond donors (Lipinski definition) is 0. The maximum absolute atomic E-state index is 12.8. The van der Waals surface area contributed by atoms with E-state index in [-0.39, 0.29) is 17.1 Å². The molecule has 0 aromatic heterocycles. The first-order valence-electron chi connectivity index (χ1n) is 5.47. The van der Waals surface area contributed by atoms with Crippen molar-refractivity contribution in [2.24, 2.45) is 0 Å². The van der Waals surface area contributed by atoms with Crippen molar-refractivity contribution in [1.82, 2.24) is 0 Å². The first kappa shape index (κ1) is 10.8. The Hall–Kier alpha value is -2.29. The lowest BCUT2D eigenvalue weighted by Gasteiger charge is -1.94. The predicted molar refractivity (Wildman–Crippen MR) is 65.9 cm³/mol. The zero-order valence-electron chi connectivity index (χ0n) is 9.28. The van der Waals surface area contributed by atoms with Crippen LogP contribution in [0.3, 0.4) is 0 Å². The lowest BCUT2D eigenvalue weighted by Crippen LogP contribution is -1.79. The number of halogens is 2. The molecule has 0 amide bonds. The monoisotopic (exact) mass is 242 g/mol. The molecule has 0 N–H and O–H groups in total. The van der Waals surface area contributed by atoms with Crippen LogP contribution in [0.5, 0.6) is 0 Å². The zero-order chi connectivity index (χ0) is 12.7. The van der Waals surface area contributed by atoms with E-state index in [1.54, 1.807) is 24.3 Å². The van der Waals surface area contributed by atoms with Gasteiger partial charge in [0.1, 0.15) is 11.6 Å². The molecule has 0 heterocycles. The van der Waals surface area contributed by atoms with Crippen LogP contribution < -0.4 is 5.43 Å². The van der Waals surface area contributed by atoms with Crippen molar-refractivity contribution in [1.29, 1.82) is 0 Å². The highest BCUT2D eigenvalue weighted by atomic mass is 19.1. The molecule has 0 bridgehead atoms. The molecule has 0 fully saturated rings. The topological polar surface area (TPSA) is 17.1 Å². The molecule has 0 saturated heterocycles. The molecule has 18 heavy (non-hydrogen) atoms. The third-order valence-electron chi connectivity index (χ3n) is 2.91. The van der Waals surface area contributed by atoms with Gasteiger partial charge in [-0.3, -0.25) is 4.79 Å². The lowest BCUT2D eigenvalue weighted by atomic mass is 10.1. The first-order valence-corrected chi connectivity index (χ1v) is 5.47. The molecule has 0 unspecified atom stereocenters. The SMILES string of the molecule is O=c1c(-c2ccc(F)cc2)c1-c1ccc(F)cc1. The van der Waals surface area contributed by atoms with Gasteiger partial charge in [-0.2, -0.15) is 0 Å². The number of benzene rings is 2. The van der Waals surface area contributed by atoms with Crippen molar-refractivity contribution in [2.75, 3.05) is 0 Å². The van der Waals surface area contributed by atoms with Crippen LogP contribution in [0.25, 0.3) is 22.3 Å². The van der Waals surface area contributed by atoms with Gasteiger partial charge in [-0.05, 0) is 35.4 Å². The van der Waals surface area contributed by atoms with E-state index in [4.69, 9.17) is 0 Å². The molecule has 0 spiro atoms. The summed E-state index contributed by atoms with van der Waals surface area (Å²) in [6, 6.07) is 11.5. The Kier molecular flexibility index (Phi) is 2.33. The largest absolute Gasteiger partial charge is 0.289 e. The van der Waals surface area contributed by atoms with Crippen LogP contribution in [-0.2, 0) is 0 Å². The molecule has 0 saturated carbocycles. The van der Waals surface area contributed by atoms with Crippen LogP contribution in [0.4, 0.5) is 8.78 Å². The van der Waals surface area contributed by atoms with E-state index in [9.17, 15) is 13.6 Å². The van der Waals surface area contributed by atoms with Crippen LogP contribution >= 0.6 is 0 Å². The Labute approximate surface area is 102 Å². The molecular formula is C15H8F2O. The Bertz CT molecular complexity index is 641. The van der Waals surface area contributed by atoms with E-state index >= 15 is 0 Å². The van der Waals surface area contributed by atoms with Crippen LogP contribution in [0, 0.1) is 11.6 Å². The highest BCUT2D eigenvalue weighted by molar-refractivity contribution is 5.93. The summed E-state index contributed by atoms with van der Waals surface area (Å²) in [4.78, 5) is 11.7. The fourth-order valence-corrected chi connectivity index (χ4v) is 1.95. The summed E-state index contributed by atoms with van der Waals surface area (Å²) < 4.78 is 25.6. The van der Waals surface area contributed by atoms with Gasteiger partial charge in [-0.15, -0.1) is 0 Å². The molecule has 0 radical (unpaired) electrons. The van der Waals surface area contributed by atoms with Gasteiger partial charge in [0.15, 0.2) is 5.43 Å². The van der Waals surface area contributed by atoms with Crippen molar-refractivity contribution in [2.45, 2.75) is 0 Å². The second kappa shape index (κ2) is 3.88. The molecule has 0 atom stereocenters. The van der Waals surface area contributed by atoms with Crippen LogP contribution in [0.1, 0.15) is 0 Å². The average molecular weight is 242 g/mol. The Balaban J connectivity index is 2.00. The number of rotatable bonds is 2. The Morgan fingerprint density at radius 2 is 0.944 bits per heavy atom. The van der Waals surface area contributed by atoms with Gasteiger partial charge < -0.3 is 0 Å². The maximum atomic E-state index is 12.8. The molecule has 0 aliphatic rings. The molecule has 0 aliphatic heterocycles. The van der Waals surface area contributed by atoms with Gasteiger partial charge in [0.25, 0.3) is 0 Å². The third-order valence-corrected chi connectivity index (χ3v) is 2.91. The molecule has 88 valence electrons. The smallest absolute Gasteiger partial charge is 0.195 e. The minimum Gasteiger partial charge on any atom is -0.289 e. The van der Waals surface area contributed by atoms with Crippen molar-refractivity contribution in [3.05, 3.63) is 70.4 Å². The Morgan fingerprint density at radius 1 is 0.611 bits per heavy atom. The normalized spacial score (nSPS) is 11.0. The standard InChI is InChI=1S/C15H8F2O/c16-11-5-1-9(2-6-11)13-14(15(13)18)10-3-7-12(17)8-4-10/h1-8H. The first-order chi connectivity index (χ1) is 8.66. The summed E-state index contributed by atoms with van der Waals surface area (Å²) in [6.45, 7) is 0. The van der Waals surface area contributed by atoms with Crippen molar-refractivity contribution >= 4 is 0 Å². The van der Waals surface area contributed by atoms with Gasteiger partial charge in [0.2, 0.25) is 0 Å². The van der Waals surface area contributed by atoms with Gasteiger partial charge in [-0.1, -0.05) is 24.3 Å². The molecule has 3 aromatic carbocycles. The summed E-state index contributed by atoms with van der Waals surface area (Å²) in [5, 5.41) is 0. The summed E-state index contributed by atoms with van der Waals surface area (Å²) >= 11 is 0. The fourth-order valence-electron chi connectivity index (χ4n) is 1.95. The van der Waals surface area contributed by atoms with Crippen LogP contribution in [0.15, 0.2) is 53.3 Å². The van der Waals surface area contributed by atoms with Crippen LogP contribution in [-0.4, -0.2) is 0 Å². The highest BCUT2D eigenvalue weighted by Gasteiger charge is 2.24. The lowest BCUT2D eigenvalue weighted by molar-refractivity contribution is 0.627. The van der Waals surface area contributed by atoms with Crippen molar-refractivity contribution in [3.63, 3.8) is 0 Å². The van der Waals surface area contributed by atoms with Crippen LogP contribution in [0.2, 0.25) is 0 Å². The molecule has 3 heteroatoms. The van der Waals surface area contributed by atoms with Gasteiger partial charge in [-0.25, -0.2) is 8.78 Å². The van der Waals surface area contributed by atoms with E-state index in [1.165, 1.54) is 24.3 Å². The molecule has 0 aliphatic carbocycles. The summed E-state index contributed by atoms with van der Waals surface area (Å²) in [6.07, 6.45) is 0. The summed E-state index contributed by atoms with van der Waals surface area (Å²) in [5.41, 5.74) is 2.50. The van der Waals surface area contributed by atoms with E-state index in [1.807, 2.05) is 0 Å². The van der Waals surface area contributed by atoms with Crippen molar-refractivity contribution in [3.8, 4) is 22.3 Å². The highest BCUT2D eigenvalue weighted by Crippen LogP contribution is 2.34. The summed E-state index contributed by atoms with van der Waals surface area (Å²) in [7, 11) is 0. The zero-order valence-corrected chi connectivity index (χ0v) is 9.28. The van der Waals surface area contributed by atoms with Crippen molar-refractivity contribution < 1.29 is 8.78 Å². The minimum atomic E-state index is -0.337. The van der Waals surface area contributed by atoms with Gasteiger partial charge >= 0.3 is 0 Å². The molecule has 1 nitrogen and oxygen atoms in total. The second-order valence-electron chi connectivity index (χ2n) is 4.09. The van der Waals surface area contributed by atoms with Gasteiger partial charge in [0, 0.05) is 11.1 Å². The molecule has 3 rings (SSSR count). The maximum Gasteiger partial charge on any atom is 0.195 e. The van der Waals surface area contributed by atoms with E-state index < -0.39 is 0 Å².